The summed E-state index contributed by atoms with van der Waals surface area (Å²) in [4.78, 5) is 2.40. The van der Waals surface area contributed by atoms with E-state index < -0.39 is 0 Å². The van der Waals surface area contributed by atoms with Gasteiger partial charge in [0.1, 0.15) is 33.5 Å². The first-order valence-electron chi connectivity index (χ1n) is 22.3. The Balaban J connectivity index is 1.02. The molecule has 0 bridgehead atoms. The van der Waals surface area contributed by atoms with Crippen LogP contribution in [0.1, 0.15) is 25.0 Å². The number of rotatable bonds is 5. The highest BCUT2D eigenvalue weighted by Gasteiger charge is 2.36. The van der Waals surface area contributed by atoms with Gasteiger partial charge in [0.05, 0.1) is 11.1 Å². The first-order valence-corrected chi connectivity index (χ1v) is 22.3. The number of hydrogen-bond donors (Lipinski definition) is 0. The van der Waals surface area contributed by atoms with Gasteiger partial charge in [-0.2, -0.15) is 0 Å². The van der Waals surface area contributed by atoms with Crippen LogP contribution in [-0.4, -0.2) is 0 Å². The Morgan fingerprint density at radius 1 is 0.369 bits per heavy atom. The van der Waals surface area contributed by atoms with Gasteiger partial charge in [-0.1, -0.05) is 153 Å². The lowest BCUT2D eigenvalue weighted by atomic mass is 9.82. The molecule has 0 amide bonds. The van der Waals surface area contributed by atoms with Crippen molar-refractivity contribution in [2.24, 2.45) is 0 Å². The van der Waals surface area contributed by atoms with E-state index in [1.165, 1.54) is 33.0 Å². The molecule has 3 aromatic heterocycles. The van der Waals surface area contributed by atoms with E-state index in [9.17, 15) is 0 Å². The van der Waals surface area contributed by atoms with Crippen LogP contribution in [0, 0.1) is 0 Å². The normalized spacial score (nSPS) is 13.2. The molecule has 1 aliphatic carbocycles. The van der Waals surface area contributed by atoms with E-state index in [-0.39, 0.29) is 5.41 Å². The lowest BCUT2D eigenvalue weighted by molar-refractivity contribution is 0.660. The molecule has 4 nitrogen and oxygen atoms in total. The fraction of sp³-hybridized carbons (Fsp3) is 0.0492. The molecule has 0 atom stereocenters. The van der Waals surface area contributed by atoms with Crippen molar-refractivity contribution < 1.29 is 13.3 Å². The molecule has 0 radical (unpaired) electrons. The van der Waals surface area contributed by atoms with Gasteiger partial charge in [0.2, 0.25) is 0 Å². The zero-order valence-corrected chi connectivity index (χ0v) is 35.7. The topological polar surface area (TPSA) is 42.7 Å². The molecule has 1 aliphatic rings. The summed E-state index contributed by atoms with van der Waals surface area (Å²) in [5, 5.41) is 8.74. The minimum atomic E-state index is -0.182. The van der Waals surface area contributed by atoms with Crippen molar-refractivity contribution in [3.63, 3.8) is 0 Å². The van der Waals surface area contributed by atoms with E-state index in [0.717, 1.165) is 105 Å². The molecule has 4 heteroatoms. The van der Waals surface area contributed by atoms with Crippen LogP contribution in [0.3, 0.4) is 0 Å². The summed E-state index contributed by atoms with van der Waals surface area (Å²) in [6.45, 7) is 4.69. The lowest BCUT2D eigenvalue weighted by Crippen LogP contribution is -2.16. The molecule has 0 saturated heterocycles. The maximum atomic E-state index is 7.15. The van der Waals surface area contributed by atoms with Gasteiger partial charge in [0.15, 0.2) is 0 Å². The third kappa shape index (κ3) is 5.19. The summed E-state index contributed by atoms with van der Waals surface area (Å²) in [6, 6.07) is 71.6. The molecule has 0 N–H and O–H groups in total. The van der Waals surface area contributed by atoms with Gasteiger partial charge in [0, 0.05) is 54.8 Å². The Kier molecular flexibility index (Phi) is 7.42. The average Bonchev–Trinajstić information content (AvgIpc) is 4.09. The van der Waals surface area contributed by atoms with Gasteiger partial charge >= 0.3 is 0 Å². The van der Waals surface area contributed by atoms with E-state index in [1.54, 1.807) is 0 Å². The van der Waals surface area contributed by atoms with Gasteiger partial charge < -0.3 is 18.2 Å². The van der Waals surface area contributed by atoms with Crippen LogP contribution in [0.25, 0.3) is 110 Å². The predicted octanol–water partition coefficient (Wildman–Crippen LogP) is 17.6. The van der Waals surface area contributed by atoms with E-state index in [4.69, 9.17) is 13.3 Å². The SMILES string of the molecule is CC1(C)c2ccccc2-c2ccc(N(c3ccc(-c4cccc5c4oc4ccccc45)cc3)c3cccc4oc5c(-c6ccc7ccccc7c6)c6c(cc5c34)oc3ccccc36)cc21. The van der Waals surface area contributed by atoms with E-state index >= 15 is 0 Å². The molecule has 14 rings (SSSR count). The van der Waals surface area contributed by atoms with Crippen molar-refractivity contribution in [2.45, 2.75) is 19.3 Å². The second kappa shape index (κ2) is 13.3. The Morgan fingerprint density at radius 2 is 1.02 bits per heavy atom. The van der Waals surface area contributed by atoms with E-state index in [1.807, 2.05) is 18.2 Å². The zero-order valence-electron chi connectivity index (χ0n) is 35.7. The molecule has 13 aromatic rings. The number of benzene rings is 10. The van der Waals surface area contributed by atoms with Crippen molar-refractivity contribution >= 4 is 93.7 Å². The largest absolute Gasteiger partial charge is 0.456 e. The number of fused-ring (bicyclic) bond motifs is 13. The first kappa shape index (κ1) is 36.2. The molecular weight excluding hydrogens is 795 g/mol. The minimum absolute atomic E-state index is 0.182. The molecule has 10 aromatic carbocycles. The highest BCUT2D eigenvalue weighted by atomic mass is 16.3. The number of hydrogen-bond acceptors (Lipinski definition) is 4. The predicted molar refractivity (Wildman–Crippen MR) is 269 cm³/mol. The maximum absolute atomic E-state index is 7.15. The van der Waals surface area contributed by atoms with Crippen molar-refractivity contribution in [1.29, 1.82) is 0 Å². The van der Waals surface area contributed by atoms with Gasteiger partial charge in [-0.05, 0) is 105 Å². The van der Waals surface area contributed by atoms with Gasteiger partial charge in [0.25, 0.3) is 0 Å². The highest BCUT2D eigenvalue weighted by molar-refractivity contribution is 6.26. The van der Waals surface area contributed by atoms with Crippen LogP contribution in [0.2, 0.25) is 0 Å². The Hall–Kier alpha value is -8.34. The molecule has 3 heterocycles. The zero-order chi connectivity index (χ0) is 43.0. The number of para-hydroxylation sites is 3. The van der Waals surface area contributed by atoms with E-state index in [0.29, 0.717) is 0 Å². The monoisotopic (exact) mass is 833 g/mol. The molecule has 0 spiro atoms. The van der Waals surface area contributed by atoms with Crippen molar-refractivity contribution in [1.82, 2.24) is 0 Å². The lowest BCUT2D eigenvalue weighted by Gasteiger charge is -2.28. The van der Waals surface area contributed by atoms with Crippen LogP contribution in [0.5, 0.6) is 0 Å². The third-order valence-corrected chi connectivity index (χ3v) is 14.1. The first-order chi connectivity index (χ1) is 32.0. The standard InChI is InChI=1S/C61H39NO3/c1-61(2)49-20-8-5-15-43(49)44-32-31-41(34-50(44)61)62(40-29-27-37(28-30-40)42-18-11-19-46-45-16-6-9-22-52(45)64-59(42)46)51-21-12-24-54-57(51)48-35-55-58(47-17-7-10-23-53(47)63-55)56(60(48)65-54)39-26-25-36-13-3-4-14-38(36)33-39/h3-35H,1-2H3. The molecule has 306 valence electrons. The summed E-state index contributed by atoms with van der Waals surface area (Å²) in [5.41, 5.74) is 17.5. The Morgan fingerprint density at radius 3 is 1.89 bits per heavy atom. The van der Waals surface area contributed by atoms with Gasteiger partial charge in [-0.15, -0.1) is 0 Å². The van der Waals surface area contributed by atoms with Gasteiger partial charge in [-0.25, -0.2) is 0 Å². The fourth-order valence-electron chi connectivity index (χ4n) is 11.0. The smallest absolute Gasteiger partial charge is 0.144 e. The molecule has 0 saturated carbocycles. The molecule has 0 unspecified atom stereocenters. The fourth-order valence-corrected chi connectivity index (χ4v) is 11.0. The molecular formula is C61H39NO3. The Bertz CT molecular complexity index is 4100. The molecule has 65 heavy (non-hydrogen) atoms. The summed E-state index contributed by atoms with van der Waals surface area (Å²) in [5.74, 6) is 0. The summed E-state index contributed by atoms with van der Waals surface area (Å²) < 4.78 is 20.4. The summed E-state index contributed by atoms with van der Waals surface area (Å²) in [6.07, 6.45) is 0. The third-order valence-electron chi connectivity index (χ3n) is 14.1. The van der Waals surface area contributed by atoms with Crippen LogP contribution >= 0.6 is 0 Å². The van der Waals surface area contributed by atoms with Crippen molar-refractivity contribution in [3.8, 4) is 33.4 Å². The molecule has 0 aliphatic heterocycles. The van der Waals surface area contributed by atoms with Crippen LogP contribution in [0.15, 0.2) is 213 Å². The van der Waals surface area contributed by atoms with Gasteiger partial charge in [-0.3, -0.25) is 0 Å². The minimum Gasteiger partial charge on any atom is -0.456 e. The van der Waals surface area contributed by atoms with Crippen LogP contribution in [0.4, 0.5) is 17.1 Å². The number of anilines is 3. The second-order valence-corrected chi connectivity index (χ2v) is 18.0. The van der Waals surface area contributed by atoms with Crippen LogP contribution < -0.4 is 4.90 Å². The summed E-state index contributed by atoms with van der Waals surface area (Å²) >= 11 is 0. The number of furan rings is 3. The number of nitrogens with zero attached hydrogens (tertiary/aromatic N) is 1. The average molecular weight is 834 g/mol. The van der Waals surface area contributed by atoms with E-state index in [2.05, 4.69) is 201 Å². The second-order valence-electron chi connectivity index (χ2n) is 18.0. The van der Waals surface area contributed by atoms with Crippen molar-refractivity contribution in [2.75, 3.05) is 4.90 Å². The maximum Gasteiger partial charge on any atom is 0.144 e. The van der Waals surface area contributed by atoms with Crippen LogP contribution in [-0.2, 0) is 5.41 Å². The highest BCUT2D eigenvalue weighted by Crippen LogP contribution is 2.53. The quantitative estimate of drug-likeness (QED) is 0.173. The molecule has 0 fully saturated rings. The summed E-state index contributed by atoms with van der Waals surface area (Å²) in [7, 11) is 0. The Labute approximate surface area is 374 Å². The van der Waals surface area contributed by atoms with Crippen molar-refractivity contribution in [3.05, 3.63) is 211 Å².